The van der Waals surface area contributed by atoms with Crippen molar-refractivity contribution in [2.24, 2.45) is 7.05 Å². The second kappa shape index (κ2) is 6.02. The first-order valence-corrected chi connectivity index (χ1v) is 8.52. The van der Waals surface area contributed by atoms with Gasteiger partial charge in [0.1, 0.15) is 0 Å². The third-order valence-corrected chi connectivity index (χ3v) is 5.52. The molecule has 0 spiro atoms. The Balaban J connectivity index is 2.01. The van der Waals surface area contributed by atoms with E-state index in [9.17, 15) is 13.2 Å². The predicted octanol–water partition coefficient (Wildman–Crippen LogP) is -0.500. The Hall–Kier alpha value is -1.61. The van der Waals surface area contributed by atoms with E-state index in [0.29, 0.717) is 38.3 Å². The van der Waals surface area contributed by atoms with Gasteiger partial charge in [0, 0.05) is 39.4 Å². The molecule has 0 aromatic carbocycles. The summed E-state index contributed by atoms with van der Waals surface area (Å²) < 4.78 is 26.9. The van der Waals surface area contributed by atoms with Gasteiger partial charge < -0.3 is 10.6 Å². The molecule has 1 aromatic heterocycles. The maximum absolute atomic E-state index is 12.3. The van der Waals surface area contributed by atoms with Crippen molar-refractivity contribution < 1.29 is 13.2 Å². The number of nitrogen functional groups attached to an aromatic ring is 1. The zero-order chi connectivity index (χ0) is 15.6. The van der Waals surface area contributed by atoms with E-state index in [4.69, 9.17) is 5.73 Å². The van der Waals surface area contributed by atoms with E-state index < -0.39 is 10.0 Å². The van der Waals surface area contributed by atoms with Crippen LogP contribution in [0.25, 0.3) is 0 Å². The summed E-state index contributed by atoms with van der Waals surface area (Å²) in [4.78, 5) is 13.9. The van der Waals surface area contributed by atoms with Crippen molar-refractivity contribution in [2.75, 3.05) is 37.7 Å². The quantitative estimate of drug-likeness (QED) is 0.807. The lowest BCUT2D eigenvalue weighted by molar-refractivity contribution is 0.0692. The maximum atomic E-state index is 12.3. The zero-order valence-electron chi connectivity index (χ0n) is 12.3. The molecule has 0 radical (unpaired) electrons. The van der Waals surface area contributed by atoms with Gasteiger partial charge >= 0.3 is 0 Å². The highest BCUT2D eigenvalue weighted by atomic mass is 32.2. The fourth-order valence-electron chi connectivity index (χ4n) is 2.38. The van der Waals surface area contributed by atoms with Crippen molar-refractivity contribution in [3.63, 3.8) is 0 Å². The van der Waals surface area contributed by atoms with Gasteiger partial charge in [-0.25, -0.2) is 8.42 Å². The van der Waals surface area contributed by atoms with E-state index in [-0.39, 0.29) is 17.4 Å². The lowest BCUT2D eigenvalue weighted by Crippen LogP contribution is -2.51. The van der Waals surface area contributed by atoms with Crippen LogP contribution in [0.5, 0.6) is 0 Å². The molecule has 2 N–H and O–H groups in total. The molecule has 1 amide bonds. The highest BCUT2D eigenvalue weighted by Crippen LogP contribution is 2.15. The second-order valence-corrected chi connectivity index (χ2v) is 7.20. The molecule has 21 heavy (non-hydrogen) atoms. The Morgan fingerprint density at radius 3 is 2.43 bits per heavy atom. The number of carbonyl (C=O) groups excluding carboxylic acids is 1. The van der Waals surface area contributed by atoms with Crippen molar-refractivity contribution in [3.05, 3.63) is 11.9 Å². The standard InChI is InChI=1S/C12H21N5O3S/c1-3-8-21(19,20)17-6-4-16(5-7-17)12(18)11-10(13)9-15(2)14-11/h9H,3-8,13H2,1-2H3. The number of sulfonamides is 1. The van der Waals surface area contributed by atoms with E-state index in [1.807, 2.05) is 6.92 Å². The van der Waals surface area contributed by atoms with E-state index in [1.165, 1.54) is 8.99 Å². The Morgan fingerprint density at radius 2 is 1.95 bits per heavy atom. The summed E-state index contributed by atoms with van der Waals surface area (Å²) in [6, 6.07) is 0. The fraction of sp³-hybridized carbons (Fsp3) is 0.667. The van der Waals surface area contributed by atoms with Crippen molar-refractivity contribution in [2.45, 2.75) is 13.3 Å². The molecule has 0 atom stereocenters. The molecule has 118 valence electrons. The van der Waals surface area contributed by atoms with Gasteiger partial charge in [-0.2, -0.15) is 9.40 Å². The summed E-state index contributed by atoms with van der Waals surface area (Å²) in [5.41, 5.74) is 6.31. The highest BCUT2D eigenvalue weighted by Gasteiger charge is 2.30. The van der Waals surface area contributed by atoms with Gasteiger partial charge in [0.2, 0.25) is 10.0 Å². The van der Waals surface area contributed by atoms with Crippen molar-refractivity contribution in [1.29, 1.82) is 0 Å². The molecule has 0 unspecified atom stereocenters. The van der Waals surface area contributed by atoms with Crippen LogP contribution in [0.1, 0.15) is 23.8 Å². The third-order valence-electron chi connectivity index (χ3n) is 3.44. The number of carbonyl (C=O) groups is 1. The number of piperazine rings is 1. The monoisotopic (exact) mass is 315 g/mol. The molecule has 2 rings (SSSR count). The second-order valence-electron chi connectivity index (χ2n) is 5.11. The Bertz CT molecular complexity index is 617. The number of hydrogen-bond acceptors (Lipinski definition) is 5. The molecular weight excluding hydrogens is 294 g/mol. The molecule has 0 aliphatic carbocycles. The van der Waals surface area contributed by atoms with Crippen molar-refractivity contribution >= 4 is 21.6 Å². The topological polar surface area (TPSA) is 102 Å². The molecule has 2 heterocycles. The highest BCUT2D eigenvalue weighted by molar-refractivity contribution is 7.89. The molecule has 1 fully saturated rings. The van der Waals surface area contributed by atoms with Crippen LogP contribution in [0, 0.1) is 0 Å². The molecule has 0 bridgehead atoms. The fourth-order valence-corrected chi connectivity index (χ4v) is 3.87. The van der Waals surface area contributed by atoms with Gasteiger partial charge in [-0.05, 0) is 6.42 Å². The maximum Gasteiger partial charge on any atom is 0.276 e. The number of aryl methyl sites for hydroxylation is 1. The van der Waals surface area contributed by atoms with Gasteiger partial charge in [-0.15, -0.1) is 0 Å². The first-order valence-electron chi connectivity index (χ1n) is 6.91. The number of nitrogens with two attached hydrogens (primary N) is 1. The van der Waals surface area contributed by atoms with Crippen LogP contribution >= 0.6 is 0 Å². The summed E-state index contributed by atoms with van der Waals surface area (Å²) in [6.07, 6.45) is 2.17. The summed E-state index contributed by atoms with van der Waals surface area (Å²) in [5.74, 6) is -0.102. The van der Waals surface area contributed by atoms with E-state index in [1.54, 1.807) is 18.1 Å². The number of nitrogens with zero attached hydrogens (tertiary/aromatic N) is 4. The van der Waals surface area contributed by atoms with Gasteiger partial charge in [0.05, 0.1) is 11.4 Å². The number of hydrogen-bond donors (Lipinski definition) is 1. The summed E-state index contributed by atoms with van der Waals surface area (Å²) >= 11 is 0. The Labute approximate surface area is 124 Å². The minimum absolute atomic E-state index is 0.147. The molecule has 9 heteroatoms. The van der Waals surface area contributed by atoms with Crippen LogP contribution in [0.4, 0.5) is 5.69 Å². The minimum Gasteiger partial charge on any atom is -0.396 e. The van der Waals surface area contributed by atoms with Gasteiger partial charge in [0.15, 0.2) is 5.69 Å². The van der Waals surface area contributed by atoms with Crippen LogP contribution in [0.15, 0.2) is 6.20 Å². The summed E-state index contributed by atoms with van der Waals surface area (Å²) in [6.45, 7) is 3.19. The average molecular weight is 315 g/mol. The molecule has 8 nitrogen and oxygen atoms in total. The van der Waals surface area contributed by atoms with Crippen LogP contribution in [-0.2, 0) is 17.1 Å². The average Bonchev–Trinajstić information content (AvgIpc) is 2.77. The van der Waals surface area contributed by atoms with Crippen LogP contribution < -0.4 is 5.73 Å². The number of amides is 1. The largest absolute Gasteiger partial charge is 0.396 e. The van der Waals surface area contributed by atoms with E-state index in [0.717, 1.165) is 0 Å². The third kappa shape index (κ3) is 3.35. The molecule has 1 aliphatic rings. The van der Waals surface area contributed by atoms with Gasteiger partial charge in [-0.1, -0.05) is 6.92 Å². The number of aromatic nitrogens is 2. The van der Waals surface area contributed by atoms with Crippen LogP contribution in [0.3, 0.4) is 0 Å². The summed E-state index contributed by atoms with van der Waals surface area (Å²) in [7, 11) is -1.50. The number of anilines is 1. The lowest BCUT2D eigenvalue weighted by atomic mass is 10.3. The molecular formula is C12H21N5O3S. The smallest absolute Gasteiger partial charge is 0.276 e. The SMILES string of the molecule is CCCS(=O)(=O)N1CCN(C(=O)c2nn(C)cc2N)CC1. The molecule has 1 aromatic rings. The number of rotatable bonds is 4. The van der Waals surface area contributed by atoms with Gasteiger partial charge in [-0.3, -0.25) is 9.48 Å². The van der Waals surface area contributed by atoms with Crippen LogP contribution in [0.2, 0.25) is 0 Å². The normalized spacial score (nSPS) is 17.1. The van der Waals surface area contributed by atoms with Gasteiger partial charge in [0.25, 0.3) is 5.91 Å². The summed E-state index contributed by atoms with van der Waals surface area (Å²) in [5, 5.41) is 4.05. The lowest BCUT2D eigenvalue weighted by Gasteiger charge is -2.33. The predicted molar refractivity (Wildman–Crippen MR) is 79.2 cm³/mol. The first kappa shape index (κ1) is 15.8. The molecule has 1 saturated heterocycles. The van der Waals surface area contributed by atoms with Crippen molar-refractivity contribution in [1.82, 2.24) is 19.0 Å². The van der Waals surface area contributed by atoms with Crippen LogP contribution in [-0.4, -0.2) is 65.2 Å². The Morgan fingerprint density at radius 1 is 1.33 bits per heavy atom. The van der Waals surface area contributed by atoms with E-state index >= 15 is 0 Å². The van der Waals surface area contributed by atoms with E-state index in [2.05, 4.69) is 5.10 Å². The van der Waals surface area contributed by atoms with Crippen molar-refractivity contribution in [3.8, 4) is 0 Å². The molecule has 1 aliphatic heterocycles. The first-order chi connectivity index (χ1) is 9.85. The zero-order valence-corrected chi connectivity index (χ0v) is 13.1. The molecule has 0 saturated carbocycles. The minimum atomic E-state index is -3.20. The Kier molecular flexibility index (Phi) is 4.52.